The average Bonchev–Trinajstić information content (AvgIpc) is 2.75. The predicted molar refractivity (Wildman–Crippen MR) is 63.1 cm³/mol. The molecule has 1 aromatic carbocycles. The number of nitrogens with zero attached hydrogens (tertiary/aromatic N) is 1. The second kappa shape index (κ2) is 5.34. The van der Waals surface area contributed by atoms with Gasteiger partial charge in [-0.1, -0.05) is 18.2 Å². The Balaban J connectivity index is 2.31. The number of hydrogen-bond acceptors (Lipinski definition) is 5. The number of benzene rings is 1. The Bertz CT molecular complexity index is 410. The number of para-hydroxylation sites is 1. The van der Waals surface area contributed by atoms with Gasteiger partial charge in [-0.15, -0.1) is 0 Å². The molecule has 2 rings (SSSR count). The maximum Gasteiger partial charge on any atom is 0.417 e. The largest absolute Gasteiger partial charge is 0.444 e. The minimum absolute atomic E-state index is 0.0144. The van der Waals surface area contributed by atoms with Gasteiger partial charge < -0.3 is 19.7 Å². The van der Waals surface area contributed by atoms with Crippen molar-refractivity contribution >= 4 is 11.8 Å². The summed E-state index contributed by atoms with van der Waals surface area (Å²) < 4.78 is 10.4. The van der Waals surface area contributed by atoms with Crippen LogP contribution in [0.4, 0.5) is 10.5 Å². The molecule has 0 spiro atoms. The first-order chi connectivity index (χ1) is 8.73. The van der Waals surface area contributed by atoms with Crippen molar-refractivity contribution in [2.75, 3.05) is 31.3 Å². The molecule has 1 atom stereocenters. The number of anilines is 1. The van der Waals surface area contributed by atoms with Crippen LogP contribution in [0.3, 0.4) is 0 Å². The minimum Gasteiger partial charge on any atom is -0.444 e. The summed E-state index contributed by atoms with van der Waals surface area (Å²) in [5, 5.41) is 18.3. The van der Waals surface area contributed by atoms with Crippen LogP contribution < -0.4 is 4.90 Å². The molecule has 0 saturated carbocycles. The molecule has 1 saturated heterocycles. The number of rotatable bonds is 5. The van der Waals surface area contributed by atoms with Crippen LogP contribution in [-0.2, 0) is 9.47 Å². The highest BCUT2D eigenvalue weighted by Crippen LogP contribution is 2.31. The molecule has 18 heavy (non-hydrogen) atoms. The van der Waals surface area contributed by atoms with Crippen molar-refractivity contribution in [1.29, 1.82) is 0 Å². The van der Waals surface area contributed by atoms with Gasteiger partial charge in [0.2, 0.25) is 5.72 Å². The summed E-state index contributed by atoms with van der Waals surface area (Å²) in [6, 6.07) is 8.81. The second-order valence-electron chi connectivity index (χ2n) is 3.90. The summed E-state index contributed by atoms with van der Waals surface area (Å²) in [5.74, 6) is 0. The first kappa shape index (κ1) is 12.8. The first-order valence-corrected chi connectivity index (χ1v) is 5.61. The van der Waals surface area contributed by atoms with Crippen LogP contribution in [0.15, 0.2) is 30.3 Å². The molecular weight excluding hydrogens is 238 g/mol. The van der Waals surface area contributed by atoms with Gasteiger partial charge in [0, 0.05) is 0 Å². The van der Waals surface area contributed by atoms with E-state index in [0.717, 1.165) is 0 Å². The quantitative estimate of drug-likeness (QED) is 0.791. The van der Waals surface area contributed by atoms with Crippen molar-refractivity contribution in [1.82, 2.24) is 0 Å². The molecule has 0 radical (unpaired) electrons. The monoisotopic (exact) mass is 253 g/mol. The highest BCUT2D eigenvalue weighted by Gasteiger charge is 2.49. The zero-order valence-electron chi connectivity index (χ0n) is 9.78. The highest BCUT2D eigenvalue weighted by molar-refractivity contribution is 5.91. The van der Waals surface area contributed by atoms with Crippen molar-refractivity contribution in [3.63, 3.8) is 0 Å². The lowest BCUT2D eigenvalue weighted by atomic mass is 10.2. The van der Waals surface area contributed by atoms with E-state index >= 15 is 0 Å². The topological polar surface area (TPSA) is 79.2 Å². The van der Waals surface area contributed by atoms with Crippen molar-refractivity contribution in [2.45, 2.75) is 5.72 Å². The Morgan fingerprint density at radius 2 is 2.06 bits per heavy atom. The predicted octanol–water partition coefficient (Wildman–Crippen LogP) is 0.341. The zero-order chi connectivity index (χ0) is 13.0. The Kier molecular flexibility index (Phi) is 3.81. The first-order valence-electron chi connectivity index (χ1n) is 5.61. The fraction of sp³-hybridized carbons (Fsp3) is 0.417. The van der Waals surface area contributed by atoms with Gasteiger partial charge in [0.15, 0.2) is 0 Å². The number of amides is 1. The maximum atomic E-state index is 11.8. The highest BCUT2D eigenvalue weighted by atomic mass is 16.6. The van der Waals surface area contributed by atoms with Gasteiger partial charge in [-0.25, -0.2) is 9.69 Å². The van der Waals surface area contributed by atoms with E-state index in [1.54, 1.807) is 24.3 Å². The fourth-order valence-corrected chi connectivity index (χ4v) is 1.89. The van der Waals surface area contributed by atoms with Gasteiger partial charge in [-0.05, 0) is 12.1 Å². The summed E-state index contributed by atoms with van der Waals surface area (Å²) in [6.45, 7) is -0.663. The van der Waals surface area contributed by atoms with Crippen molar-refractivity contribution in [2.24, 2.45) is 0 Å². The molecule has 1 aliphatic rings. The number of cyclic esters (lactones) is 1. The second-order valence-corrected chi connectivity index (χ2v) is 3.90. The molecule has 1 aromatic rings. The van der Waals surface area contributed by atoms with Gasteiger partial charge in [0.1, 0.15) is 6.61 Å². The van der Waals surface area contributed by atoms with Gasteiger partial charge in [0.25, 0.3) is 0 Å². The third kappa shape index (κ3) is 2.17. The average molecular weight is 253 g/mol. The number of hydrogen-bond donors (Lipinski definition) is 2. The molecule has 1 aliphatic heterocycles. The Hall–Kier alpha value is -1.63. The molecule has 98 valence electrons. The number of aliphatic hydroxyl groups is 2. The third-order valence-corrected chi connectivity index (χ3v) is 2.73. The third-order valence-electron chi connectivity index (χ3n) is 2.73. The standard InChI is InChI=1S/C12H15NO5/c14-6-7-18-12(8-15)9-17-11(16)13(12)10-4-2-1-3-5-10/h1-5,14-15H,6-9H2. The Labute approximate surface area is 104 Å². The molecule has 6 heteroatoms. The van der Waals surface area contributed by atoms with E-state index in [0.29, 0.717) is 5.69 Å². The Morgan fingerprint density at radius 3 is 2.67 bits per heavy atom. The van der Waals surface area contributed by atoms with Crippen LogP contribution in [0.2, 0.25) is 0 Å². The van der Waals surface area contributed by atoms with E-state index in [1.165, 1.54) is 4.90 Å². The summed E-state index contributed by atoms with van der Waals surface area (Å²) in [5.41, 5.74) is -0.687. The van der Waals surface area contributed by atoms with Crippen LogP contribution in [0.5, 0.6) is 0 Å². The van der Waals surface area contributed by atoms with E-state index in [4.69, 9.17) is 14.6 Å². The zero-order valence-corrected chi connectivity index (χ0v) is 9.78. The van der Waals surface area contributed by atoms with E-state index in [2.05, 4.69) is 0 Å². The van der Waals surface area contributed by atoms with Crippen LogP contribution in [-0.4, -0.2) is 48.5 Å². The van der Waals surface area contributed by atoms with Gasteiger partial charge >= 0.3 is 6.09 Å². The van der Waals surface area contributed by atoms with Crippen LogP contribution in [0.25, 0.3) is 0 Å². The Morgan fingerprint density at radius 1 is 1.33 bits per heavy atom. The van der Waals surface area contributed by atoms with Crippen LogP contribution in [0.1, 0.15) is 0 Å². The maximum absolute atomic E-state index is 11.8. The van der Waals surface area contributed by atoms with E-state index in [1.807, 2.05) is 6.07 Å². The van der Waals surface area contributed by atoms with Crippen molar-refractivity contribution < 1.29 is 24.5 Å². The van der Waals surface area contributed by atoms with Crippen LogP contribution in [0, 0.1) is 0 Å². The van der Waals surface area contributed by atoms with E-state index in [-0.39, 0.29) is 19.8 Å². The lowest BCUT2D eigenvalue weighted by Gasteiger charge is -2.33. The van der Waals surface area contributed by atoms with Crippen molar-refractivity contribution in [3.8, 4) is 0 Å². The summed E-state index contributed by atoms with van der Waals surface area (Å²) in [4.78, 5) is 13.0. The molecule has 1 amide bonds. The lowest BCUT2D eigenvalue weighted by Crippen LogP contribution is -2.53. The lowest BCUT2D eigenvalue weighted by molar-refractivity contribution is -0.0877. The molecule has 0 bridgehead atoms. The number of aliphatic hydroxyl groups excluding tert-OH is 2. The smallest absolute Gasteiger partial charge is 0.417 e. The molecule has 1 unspecified atom stereocenters. The molecule has 1 fully saturated rings. The molecule has 1 heterocycles. The molecule has 6 nitrogen and oxygen atoms in total. The fourth-order valence-electron chi connectivity index (χ4n) is 1.89. The summed E-state index contributed by atoms with van der Waals surface area (Å²) >= 11 is 0. The number of carbonyl (C=O) groups excluding carboxylic acids is 1. The molecular formula is C12H15NO5. The number of ether oxygens (including phenoxy) is 2. The molecule has 0 aliphatic carbocycles. The van der Waals surface area contributed by atoms with Gasteiger partial charge in [-0.2, -0.15) is 0 Å². The normalized spacial score (nSPS) is 23.2. The van der Waals surface area contributed by atoms with Crippen molar-refractivity contribution in [3.05, 3.63) is 30.3 Å². The van der Waals surface area contributed by atoms with Gasteiger partial charge in [-0.3, -0.25) is 0 Å². The van der Waals surface area contributed by atoms with Gasteiger partial charge in [0.05, 0.1) is 25.5 Å². The summed E-state index contributed by atoms with van der Waals surface area (Å²) in [6.07, 6.45) is -0.576. The molecule has 0 aromatic heterocycles. The van der Waals surface area contributed by atoms with Crippen LogP contribution >= 0.6 is 0 Å². The minimum atomic E-state index is -1.26. The van der Waals surface area contributed by atoms with E-state index < -0.39 is 18.4 Å². The molecule has 2 N–H and O–H groups in total. The van der Waals surface area contributed by atoms with E-state index in [9.17, 15) is 9.90 Å². The number of carbonyl (C=O) groups is 1. The SMILES string of the molecule is O=C1OCC(CO)(OCCO)N1c1ccccc1. The summed E-state index contributed by atoms with van der Waals surface area (Å²) in [7, 11) is 0.